The highest BCUT2D eigenvalue weighted by Crippen LogP contribution is 2.22. The van der Waals surface area contributed by atoms with Gasteiger partial charge in [0.2, 0.25) is 0 Å². The van der Waals surface area contributed by atoms with E-state index < -0.39 is 0 Å². The van der Waals surface area contributed by atoms with Crippen LogP contribution in [0.5, 0.6) is 0 Å². The van der Waals surface area contributed by atoms with Crippen LogP contribution < -0.4 is 5.73 Å². The minimum absolute atomic E-state index is 0.141. The Labute approximate surface area is 114 Å². The summed E-state index contributed by atoms with van der Waals surface area (Å²) in [5, 5.41) is 3.96. The quantitative estimate of drug-likeness (QED) is 0.890. The number of nitrogens with two attached hydrogens (primary N) is 1. The highest BCUT2D eigenvalue weighted by molar-refractivity contribution is 5.53. The maximum atomic E-state index is 5.98. The predicted molar refractivity (Wildman–Crippen MR) is 75.7 cm³/mol. The molecule has 102 valence electrons. The summed E-state index contributed by atoms with van der Waals surface area (Å²) in [6.45, 7) is 6.43. The Kier molecular flexibility index (Phi) is 4.32. The van der Waals surface area contributed by atoms with E-state index in [0.29, 0.717) is 17.6 Å². The second-order valence-electron chi connectivity index (χ2n) is 5.13. The van der Waals surface area contributed by atoms with Gasteiger partial charge in [0.1, 0.15) is 0 Å². The molecular weight excluding hydrogens is 238 g/mol. The van der Waals surface area contributed by atoms with Gasteiger partial charge in [0.25, 0.3) is 5.89 Å². The summed E-state index contributed by atoms with van der Waals surface area (Å²) in [7, 11) is 0. The topological polar surface area (TPSA) is 64.9 Å². The van der Waals surface area contributed by atoms with E-state index in [1.165, 1.54) is 5.56 Å². The Morgan fingerprint density at radius 1 is 1.21 bits per heavy atom. The molecule has 0 saturated heterocycles. The normalized spacial score (nSPS) is 12.9. The number of rotatable bonds is 5. The zero-order valence-electron chi connectivity index (χ0n) is 11.8. The fourth-order valence-electron chi connectivity index (χ4n) is 1.95. The summed E-state index contributed by atoms with van der Waals surface area (Å²) in [6.07, 6.45) is 1.87. The molecule has 1 atom stereocenters. The molecule has 0 aliphatic heterocycles. The summed E-state index contributed by atoms with van der Waals surface area (Å²) in [4.78, 5) is 4.37. The lowest BCUT2D eigenvalue weighted by molar-refractivity contribution is 0.413. The minimum Gasteiger partial charge on any atom is -0.334 e. The lowest BCUT2D eigenvalue weighted by Gasteiger charge is -2.04. The molecule has 0 spiro atoms. The van der Waals surface area contributed by atoms with Crippen molar-refractivity contribution in [2.75, 3.05) is 0 Å². The van der Waals surface area contributed by atoms with Gasteiger partial charge in [0.15, 0.2) is 5.82 Å². The van der Waals surface area contributed by atoms with Gasteiger partial charge in [0, 0.05) is 5.56 Å². The van der Waals surface area contributed by atoms with Crippen LogP contribution in [0.1, 0.15) is 57.0 Å². The van der Waals surface area contributed by atoms with Crippen LogP contribution in [0.25, 0.3) is 11.5 Å². The van der Waals surface area contributed by atoms with Gasteiger partial charge in [-0.1, -0.05) is 44.5 Å². The van der Waals surface area contributed by atoms with E-state index in [-0.39, 0.29) is 6.04 Å². The van der Waals surface area contributed by atoms with Crippen LogP contribution in [-0.2, 0) is 0 Å². The highest BCUT2D eigenvalue weighted by atomic mass is 16.5. The molecule has 4 nitrogen and oxygen atoms in total. The van der Waals surface area contributed by atoms with Gasteiger partial charge in [-0.05, 0) is 30.0 Å². The smallest absolute Gasteiger partial charge is 0.257 e. The van der Waals surface area contributed by atoms with Crippen LogP contribution in [0.3, 0.4) is 0 Å². The number of hydrogen-bond donors (Lipinski definition) is 1. The van der Waals surface area contributed by atoms with Crippen LogP contribution in [0, 0.1) is 0 Å². The van der Waals surface area contributed by atoms with E-state index in [9.17, 15) is 0 Å². The van der Waals surface area contributed by atoms with Crippen molar-refractivity contribution in [3.05, 3.63) is 35.7 Å². The monoisotopic (exact) mass is 259 g/mol. The van der Waals surface area contributed by atoms with Crippen LogP contribution in [0.4, 0.5) is 0 Å². The van der Waals surface area contributed by atoms with Crippen LogP contribution in [0.2, 0.25) is 0 Å². The number of nitrogens with zero attached hydrogens (tertiary/aromatic N) is 2. The van der Waals surface area contributed by atoms with Gasteiger partial charge in [-0.25, -0.2) is 0 Å². The molecule has 0 amide bonds. The first-order valence-electron chi connectivity index (χ1n) is 6.81. The molecule has 19 heavy (non-hydrogen) atoms. The van der Waals surface area contributed by atoms with Crippen molar-refractivity contribution < 1.29 is 4.52 Å². The molecule has 0 saturated carbocycles. The van der Waals surface area contributed by atoms with E-state index in [2.05, 4.69) is 43.0 Å². The van der Waals surface area contributed by atoms with E-state index >= 15 is 0 Å². The van der Waals surface area contributed by atoms with E-state index in [1.54, 1.807) is 0 Å². The fraction of sp³-hybridized carbons (Fsp3) is 0.467. The number of benzene rings is 1. The molecule has 2 aromatic rings. The average molecular weight is 259 g/mol. The zero-order chi connectivity index (χ0) is 13.8. The standard InChI is InChI=1S/C15H21N3O/c1-4-5-13(16)14-17-15(19-18-14)12-8-6-11(7-9-12)10(2)3/h6-10,13H,4-5,16H2,1-3H3. The molecular formula is C15H21N3O. The third-order valence-corrected chi connectivity index (χ3v) is 3.20. The second kappa shape index (κ2) is 5.97. The molecule has 2 rings (SSSR count). The van der Waals surface area contributed by atoms with Crippen LogP contribution in [-0.4, -0.2) is 10.1 Å². The Hall–Kier alpha value is -1.68. The Morgan fingerprint density at radius 3 is 2.47 bits per heavy atom. The van der Waals surface area contributed by atoms with Crippen molar-refractivity contribution in [3.63, 3.8) is 0 Å². The van der Waals surface area contributed by atoms with Crippen molar-refractivity contribution >= 4 is 0 Å². The molecule has 2 N–H and O–H groups in total. The third kappa shape index (κ3) is 3.20. The van der Waals surface area contributed by atoms with Gasteiger partial charge in [-0.2, -0.15) is 4.98 Å². The summed E-state index contributed by atoms with van der Waals surface area (Å²) in [6, 6.07) is 8.07. The molecule has 0 aliphatic carbocycles. The first kappa shape index (κ1) is 13.7. The summed E-state index contributed by atoms with van der Waals surface area (Å²) in [5.74, 6) is 1.65. The highest BCUT2D eigenvalue weighted by Gasteiger charge is 2.14. The number of aromatic nitrogens is 2. The van der Waals surface area contributed by atoms with Gasteiger partial charge < -0.3 is 10.3 Å². The van der Waals surface area contributed by atoms with Crippen molar-refractivity contribution in [1.82, 2.24) is 10.1 Å². The Bertz CT molecular complexity index is 516. The van der Waals surface area contributed by atoms with E-state index in [1.807, 2.05) is 12.1 Å². The zero-order valence-corrected chi connectivity index (χ0v) is 11.8. The van der Waals surface area contributed by atoms with Crippen LogP contribution in [0.15, 0.2) is 28.8 Å². The lowest BCUT2D eigenvalue weighted by Crippen LogP contribution is -2.11. The minimum atomic E-state index is -0.141. The van der Waals surface area contributed by atoms with Crippen molar-refractivity contribution in [2.24, 2.45) is 5.73 Å². The molecule has 1 aromatic heterocycles. The van der Waals surface area contributed by atoms with Gasteiger partial charge in [-0.3, -0.25) is 0 Å². The van der Waals surface area contributed by atoms with Crippen LogP contribution >= 0.6 is 0 Å². The summed E-state index contributed by atoms with van der Waals surface area (Å²) < 4.78 is 5.28. The summed E-state index contributed by atoms with van der Waals surface area (Å²) >= 11 is 0. The number of hydrogen-bond acceptors (Lipinski definition) is 4. The molecule has 1 aromatic carbocycles. The van der Waals surface area contributed by atoms with Gasteiger partial charge >= 0.3 is 0 Å². The van der Waals surface area contributed by atoms with Crippen molar-refractivity contribution in [2.45, 2.75) is 45.6 Å². The maximum absolute atomic E-state index is 5.98. The molecule has 0 radical (unpaired) electrons. The molecule has 4 heteroatoms. The first-order valence-corrected chi connectivity index (χ1v) is 6.81. The fourth-order valence-corrected chi connectivity index (χ4v) is 1.95. The largest absolute Gasteiger partial charge is 0.334 e. The summed E-state index contributed by atoms with van der Waals surface area (Å²) in [5.41, 5.74) is 8.21. The van der Waals surface area contributed by atoms with Crippen molar-refractivity contribution in [1.29, 1.82) is 0 Å². The molecule has 0 aliphatic rings. The third-order valence-electron chi connectivity index (χ3n) is 3.20. The van der Waals surface area contributed by atoms with Gasteiger partial charge in [-0.15, -0.1) is 0 Å². The molecule has 1 unspecified atom stereocenters. The van der Waals surface area contributed by atoms with Crippen molar-refractivity contribution in [3.8, 4) is 11.5 Å². The molecule has 0 fully saturated rings. The lowest BCUT2D eigenvalue weighted by atomic mass is 10.0. The van der Waals surface area contributed by atoms with E-state index in [0.717, 1.165) is 18.4 Å². The second-order valence-corrected chi connectivity index (χ2v) is 5.13. The molecule has 1 heterocycles. The SMILES string of the molecule is CCCC(N)c1noc(-c2ccc(C(C)C)cc2)n1. The Balaban J connectivity index is 2.18. The van der Waals surface area contributed by atoms with Gasteiger partial charge in [0.05, 0.1) is 6.04 Å². The predicted octanol–water partition coefficient (Wildman–Crippen LogP) is 3.66. The maximum Gasteiger partial charge on any atom is 0.257 e. The Morgan fingerprint density at radius 2 is 1.89 bits per heavy atom. The first-order chi connectivity index (χ1) is 9.11. The molecule has 0 bridgehead atoms. The van der Waals surface area contributed by atoms with E-state index in [4.69, 9.17) is 10.3 Å². The average Bonchev–Trinajstić information content (AvgIpc) is 2.89.